The summed E-state index contributed by atoms with van der Waals surface area (Å²) < 4.78 is 0. The van der Waals surface area contributed by atoms with Crippen molar-refractivity contribution in [2.45, 2.75) is 44.6 Å². The molecule has 1 fully saturated rings. The fourth-order valence-corrected chi connectivity index (χ4v) is 4.52. The fraction of sp³-hybridized carbons (Fsp3) is 0.304. The van der Waals surface area contributed by atoms with E-state index in [0.717, 1.165) is 33.9 Å². The van der Waals surface area contributed by atoms with Gasteiger partial charge in [-0.1, -0.05) is 48.5 Å². The third-order valence-electron chi connectivity index (χ3n) is 5.69. The average molecular weight is 377 g/mol. The summed E-state index contributed by atoms with van der Waals surface area (Å²) in [6.45, 7) is 4.21. The second kappa shape index (κ2) is 7.02. The number of carbonyl (C=O) groups is 1. The molecule has 1 aliphatic rings. The second-order valence-corrected chi connectivity index (χ2v) is 8.67. The van der Waals surface area contributed by atoms with Crippen molar-refractivity contribution >= 4 is 17.1 Å². The van der Waals surface area contributed by atoms with Crippen LogP contribution >= 0.6 is 11.3 Å². The van der Waals surface area contributed by atoms with Crippen LogP contribution in [0.1, 0.15) is 51.0 Å². The number of aryl methyl sites for hydroxylation is 2. The third-order valence-corrected chi connectivity index (χ3v) is 6.77. The summed E-state index contributed by atoms with van der Waals surface area (Å²) in [4.78, 5) is 18.6. The lowest BCUT2D eigenvalue weighted by molar-refractivity contribution is -0.120. The molecule has 0 amide bonds. The summed E-state index contributed by atoms with van der Waals surface area (Å²) in [6.07, 6.45) is 4.09. The van der Waals surface area contributed by atoms with E-state index in [1.807, 2.05) is 36.5 Å². The van der Waals surface area contributed by atoms with Crippen LogP contribution in [0.3, 0.4) is 0 Å². The van der Waals surface area contributed by atoms with E-state index in [1.54, 1.807) is 11.3 Å². The number of thiazole rings is 1. The van der Waals surface area contributed by atoms with Gasteiger partial charge in [0.05, 0.1) is 17.9 Å². The van der Waals surface area contributed by atoms with E-state index >= 15 is 0 Å². The molecule has 138 valence electrons. The van der Waals surface area contributed by atoms with Crippen molar-refractivity contribution in [3.63, 3.8) is 0 Å². The maximum absolute atomic E-state index is 13.1. The molecule has 0 saturated heterocycles. The van der Waals surface area contributed by atoms with Gasteiger partial charge in [0, 0.05) is 11.1 Å². The Morgan fingerprint density at radius 3 is 2.56 bits per heavy atom. The zero-order valence-electron chi connectivity index (χ0n) is 15.7. The monoisotopic (exact) mass is 376 g/mol. The molecule has 1 atom stereocenters. The number of benzene rings is 2. The van der Waals surface area contributed by atoms with E-state index in [-0.39, 0.29) is 17.2 Å². The minimum absolute atomic E-state index is 0.192. The van der Waals surface area contributed by atoms with Gasteiger partial charge >= 0.3 is 0 Å². The van der Waals surface area contributed by atoms with Gasteiger partial charge in [0.1, 0.15) is 10.8 Å². The van der Waals surface area contributed by atoms with Crippen molar-refractivity contribution in [3.8, 4) is 0 Å². The molecule has 2 aromatic carbocycles. The van der Waals surface area contributed by atoms with Gasteiger partial charge in [0.2, 0.25) is 0 Å². The zero-order chi connectivity index (χ0) is 19.0. The molecule has 1 heterocycles. The van der Waals surface area contributed by atoms with Gasteiger partial charge in [-0.2, -0.15) is 0 Å². The van der Waals surface area contributed by atoms with Gasteiger partial charge in [-0.05, 0) is 48.9 Å². The number of rotatable bonds is 6. The number of hydrogen-bond donors (Lipinski definition) is 1. The lowest BCUT2D eigenvalue weighted by Crippen LogP contribution is -2.22. The number of ketones is 1. The molecular formula is C23H24N2OS. The molecule has 1 aromatic heterocycles. The summed E-state index contributed by atoms with van der Waals surface area (Å²) in [7, 11) is 0. The predicted molar refractivity (Wildman–Crippen MR) is 110 cm³/mol. The number of Topliss-reactive ketones (excluding diaryl/α,β-unsaturated/α-hetero) is 1. The van der Waals surface area contributed by atoms with Crippen molar-refractivity contribution < 1.29 is 4.79 Å². The molecule has 0 unspecified atom stereocenters. The van der Waals surface area contributed by atoms with Gasteiger partial charge in [-0.15, -0.1) is 11.3 Å². The Morgan fingerprint density at radius 1 is 1.15 bits per heavy atom. The standard InChI is InChI=1S/C23H24N2OS/c1-15-8-9-18(12-16(15)2)23(10-11-23)20(26)13-21-25-14-19(27-21)22(24)17-6-4-3-5-7-17/h3-9,12,14,22H,10-11,13,24H2,1-2H3/t22-/m1/s1. The van der Waals surface area contributed by atoms with Crippen molar-refractivity contribution in [2.75, 3.05) is 0 Å². The van der Waals surface area contributed by atoms with Crippen LogP contribution in [-0.4, -0.2) is 10.8 Å². The summed E-state index contributed by atoms with van der Waals surface area (Å²) in [5.74, 6) is 0.278. The summed E-state index contributed by atoms with van der Waals surface area (Å²) in [5, 5.41) is 0.858. The molecule has 4 rings (SSSR count). The smallest absolute Gasteiger partial charge is 0.150 e. The summed E-state index contributed by atoms with van der Waals surface area (Å²) >= 11 is 1.55. The van der Waals surface area contributed by atoms with Gasteiger partial charge < -0.3 is 5.73 Å². The first kappa shape index (κ1) is 18.1. The Morgan fingerprint density at radius 2 is 1.89 bits per heavy atom. The number of aromatic nitrogens is 1. The van der Waals surface area contributed by atoms with Crippen molar-refractivity contribution in [1.29, 1.82) is 0 Å². The van der Waals surface area contributed by atoms with E-state index in [9.17, 15) is 4.79 Å². The van der Waals surface area contributed by atoms with E-state index in [2.05, 4.69) is 37.0 Å². The first-order valence-corrected chi connectivity index (χ1v) is 10.2. The molecule has 0 spiro atoms. The molecule has 27 heavy (non-hydrogen) atoms. The zero-order valence-corrected chi connectivity index (χ0v) is 16.6. The highest BCUT2D eigenvalue weighted by Crippen LogP contribution is 2.50. The highest BCUT2D eigenvalue weighted by Gasteiger charge is 2.50. The van der Waals surface area contributed by atoms with Crippen molar-refractivity contribution in [1.82, 2.24) is 4.98 Å². The highest BCUT2D eigenvalue weighted by atomic mass is 32.1. The van der Waals surface area contributed by atoms with Gasteiger partial charge in [0.25, 0.3) is 0 Å². The number of nitrogens with two attached hydrogens (primary N) is 1. The van der Waals surface area contributed by atoms with E-state index in [0.29, 0.717) is 6.42 Å². The number of carbonyl (C=O) groups excluding carboxylic acids is 1. The van der Waals surface area contributed by atoms with Gasteiger partial charge in [-0.3, -0.25) is 4.79 Å². The van der Waals surface area contributed by atoms with Gasteiger partial charge in [-0.25, -0.2) is 4.98 Å². The lowest BCUT2D eigenvalue weighted by atomic mass is 9.88. The molecule has 3 aromatic rings. The van der Waals surface area contributed by atoms with Crippen LogP contribution in [0.2, 0.25) is 0 Å². The summed E-state index contributed by atoms with van der Waals surface area (Å²) in [5.41, 5.74) is 10.8. The normalized spacial score (nSPS) is 16.1. The third kappa shape index (κ3) is 3.47. The van der Waals surface area contributed by atoms with Gasteiger partial charge in [0.15, 0.2) is 0 Å². The Hall–Kier alpha value is -2.30. The maximum atomic E-state index is 13.1. The minimum Gasteiger partial charge on any atom is -0.320 e. The predicted octanol–water partition coefficient (Wildman–Crippen LogP) is 4.65. The van der Waals surface area contributed by atoms with Crippen molar-refractivity contribution in [2.24, 2.45) is 5.73 Å². The Kier molecular flexibility index (Phi) is 4.70. The highest BCUT2D eigenvalue weighted by molar-refractivity contribution is 7.11. The molecule has 1 aliphatic carbocycles. The minimum atomic E-state index is -0.300. The van der Waals surface area contributed by atoms with Crippen LogP contribution in [0.25, 0.3) is 0 Å². The number of hydrogen-bond acceptors (Lipinski definition) is 4. The van der Waals surface area contributed by atoms with Crippen LogP contribution in [0.4, 0.5) is 0 Å². The molecule has 4 heteroatoms. The molecular weight excluding hydrogens is 352 g/mol. The quantitative estimate of drug-likeness (QED) is 0.681. The number of nitrogens with zero attached hydrogens (tertiary/aromatic N) is 1. The van der Waals surface area contributed by atoms with Crippen molar-refractivity contribution in [3.05, 3.63) is 86.9 Å². The first-order chi connectivity index (χ1) is 13.0. The van der Waals surface area contributed by atoms with Crippen LogP contribution in [0, 0.1) is 13.8 Å². The van der Waals surface area contributed by atoms with E-state index < -0.39 is 0 Å². The molecule has 0 bridgehead atoms. The Bertz CT molecular complexity index is 973. The summed E-state index contributed by atoms with van der Waals surface area (Å²) in [6, 6.07) is 16.2. The molecule has 1 saturated carbocycles. The van der Waals surface area contributed by atoms with Crippen LogP contribution in [0.15, 0.2) is 54.7 Å². The Balaban J connectivity index is 1.50. The van der Waals surface area contributed by atoms with Crippen LogP contribution in [-0.2, 0) is 16.6 Å². The molecule has 2 N–H and O–H groups in total. The largest absolute Gasteiger partial charge is 0.320 e. The molecule has 3 nitrogen and oxygen atoms in total. The van der Waals surface area contributed by atoms with Crippen LogP contribution < -0.4 is 5.73 Å². The van der Waals surface area contributed by atoms with Crippen LogP contribution in [0.5, 0.6) is 0 Å². The SMILES string of the molecule is Cc1ccc(C2(C(=O)Cc3ncc([C@H](N)c4ccccc4)s3)CC2)cc1C. The Labute approximate surface area is 164 Å². The van der Waals surface area contributed by atoms with E-state index in [4.69, 9.17) is 5.73 Å². The van der Waals surface area contributed by atoms with E-state index in [1.165, 1.54) is 11.1 Å². The second-order valence-electron chi connectivity index (χ2n) is 7.53. The average Bonchev–Trinajstić information content (AvgIpc) is 3.37. The molecule has 0 radical (unpaired) electrons. The topological polar surface area (TPSA) is 56.0 Å². The lowest BCUT2D eigenvalue weighted by Gasteiger charge is -2.15. The maximum Gasteiger partial charge on any atom is 0.150 e. The fourth-order valence-electron chi connectivity index (χ4n) is 3.57. The first-order valence-electron chi connectivity index (χ1n) is 9.36. The molecule has 0 aliphatic heterocycles.